The van der Waals surface area contributed by atoms with Crippen LogP contribution >= 0.6 is 11.8 Å². The van der Waals surface area contributed by atoms with Crippen LogP contribution in [0, 0.1) is 5.92 Å². The smallest absolute Gasteiger partial charge is 0.303 e. The van der Waals surface area contributed by atoms with Gasteiger partial charge in [-0.05, 0) is 36.0 Å². The third-order valence-corrected chi connectivity index (χ3v) is 8.08. The number of allylic oxidation sites excluding steroid dienone is 2. The van der Waals surface area contributed by atoms with E-state index in [-0.39, 0.29) is 30.6 Å². The van der Waals surface area contributed by atoms with E-state index < -0.39 is 5.97 Å². The summed E-state index contributed by atoms with van der Waals surface area (Å²) in [5.74, 6) is 1.73. The maximum absolute atomic E-state index is 11.0. The summed E-state index contributed by atoms with van der Waals surface area (Å²) in [7, 11) is 0. The zero-order valence-electron chi connectivity index (χ0n) is 20.3. The molecule has 2 aliphatic rings. The number of aliphatic carboxylic acids is 1. The van der Waals surface area contributed by atoms with Gasteiger partial charge >= 0.3 is 5.97 Å². The first-order valence-corrected chi connectivity index (χ1v) is 13.9. The van der Waals surface area contributed by atoms with Crippen molar-refractivity contribution in [3.8, 4) is 11.1 Å². The lowest BCUT2D eigenvalue weighted by atomic mass is 9.93. The highest BCUT2D eigenvalue weighted by Crippen LogP contribution is 2.37. The van der Waals surface area contributed by atoms with E-state index in [2.05, 4.69) is 59.5 Å². The summed E-state index contributed by atoms with van der Waals surface area (Å²) in [6.07, 6.45) is 6.93. The fraction of sp³-hybridized carbons (Fsp3) is 0.483. The van der Waals surface area contributed by atoms with Crippen LogP contribution in [0.3, 0.4) is 0 Å². The molecule has 0 amide bonds. The molecule has 1 aliphatic heterocycles. The maximum Gasteiger partial charge on any atom is 0.303 e. The van der Waals surface area contributed by atoms with E-state index in [0.717, 1.165) is 43.0 Å². The molecular weight excluding hydrogens is 458 g/mol. The normalized spacial score (nSPS) is 25.3. The molecule has 6 heteroatoms. The molecule has 0 unspecified atom stereocenters. The quantitative estimate of drug-likeness (QED) is 0.416. The van der Waals surface area contributed by atoms with Crippen LogP contribution in [0.25, 0.3) is 11.1 Å². The number of thioether (sulfide) groups is 1. The van der Waals surface area contributed by atoms with E-state index in [1.807, 2.05) is 23.9 Å². The number of carbonyl (C=O) groups is 1. The molecule has 5 nitrogen and oxygen atoms in total. The number of rotatable bonds is 11. The van der Waals surface area contributed by atoms with Crippen molar-refractivity contribution in [1.82, 2.24) is 4.90 Å². The van der Waals surface area contributed by atoms with Gasteiger partial charge in [-0.1, -0.05) is 66.7 Å². The van der Waals surface area contributed by atoms with Crippen LogP contribution in [0.2, 0.25) is 0 Å². The summed E-state index contributed by atoms with van der Waals surface area (Å²) < 4.78 is 6.45. The molecule has 1 saturated heterocycles. The Morgan fingerprint density at radius 1 is 1.00 bits per heavy atom. The summed E-state index contributed by atoms with van der Waals surface area (Å²) in [5.41, 5.74) is 3.54. The van der Waals surface area contributed by atoms with Gasteiger partial charge in [-0.2, -0.15) is 11.8 Å². The molecule has 2 aromatic rings. The molecule has 4 rings (SSSR count). The van der Waals surface area contributed by atoms with E-state index in [9.17, 15) is 9.90 Å². The van der Waals surface area contributed by atoms with Gasteiger partial charge in [0.15, 0.2) is 0 Å². The predicted octanol–water partition coefficient (Wildman–Crippen LogP) is 5.24. The van der Waals surface area contributed by atoms with Crippen molar-refractivity contribution in [1.29, 1.82) is 0 Å². The third-order valence-electron chi connectivity index (χ3n) is 7.13. The minimum atomic E-state index is -0.762. The van der Waals surface area contributed by atoms with Crippen LogP contribution in [0.5, 0.6) is 0 Å². The summed E-state index contributed by atoms with van der Waals surface area (Å²) in [6.45, 7) is 2.58. The van der Waals surface area contributed by atoms with E-state index in [1.54, 1.807) is 0 Å². The molecule has 4 atom stereocenters. The van der Waals surface area contributed by atoms with Gasteiger partial charge in [0, 0.05) is 49.4 Å². The van der Waals surface area contributed by atoms with Gasteiger partial charge in [-0.3, -0.25) is 9.69 Å². The predicted molar refractivity (Wildman–Crippen MR) is 142 cm³/mol. The van der Waals surface area contributed by atoms with E-state index in [4.69, 9.17) is 9.84 Å². The SMILES string of the molecule is O=C(O)CCC=CCC[C@@H]1[C@@H](N2CCSCC2)[C@@H](O)C[C@@H]1OCc1ccc(-c2ccccc2)cc1. The highest BCUT2D eigenvalue weighted by Gasteiger charge is 2.45. The Balaban J connectivity index is 1.37. The second-order valence-corrected chi connectivity index (χ2v) is 10.7. The molecule has 1 saturated carbocycles. The van der Waals surface area contributed by atoms with E-state index in [1.165, 1.54) is 11.1 Å². The first-order chi connectivity index (χ1) is 17.1. The Hall–Kier alpha value is -2.12. The van der Waals surface area contributed by atoms with Gasteiger partial charge < -0.3 is 14.9 Å². The molecule has 1 heterocycles. The van der Waals surface area contributed by atoms with Crippen molar-refractivity contribution in [3.63, 3.8) is 0 Å². The van der Waals surface area contributed by atoms with Crippen LogP contribution in [-0.4, -0.2) is 63.9 Å². The standard InChI is InChI=1S/C29H37NO4S/c31-26-20-27(34-21-22-12-14-24(15-13-22)23-8-4-3-5-9-23)25(10-6-1-2-7-11-28(32)33)29(26)30-16-18-35-19-17-30/h1-5,8-9,12-15,25-27,29,31H,6-7,10-11,16-21H2,(H,32,33)/t25-,26-,27-,29+/m0/s1. The number of hydrogen-bond donors (Lipinski definition) is 2. The lowest BCUT2D eigenvalue weighted by molar-refractivity contribution is -0.136. The molecule has 35 heavy (non-hydrogen) atoms. The molecule has 0 radical (unpaired) electrons. The Bertz CT molecular complexity index is 943. The summed E-state index contributed by atoms with van der Waals surface area (Å²) >= 11 is 1.98. The van der Waals surface area contributed by atoms with Crippen LogP contribution in [0.15, 0.2) is 66.7 Å². The number of aliphatic hydroxyl groups is 1. The average Bonchev–Trinajstić information content (AvgIpc) is 3.20. The Kier molecular flexibility index (Phi) is 9.83. The van der Waals surface area contributed by atoms with Gasteiger partial charge in [0.25, 0.3) is 0 Å². The van der Waals surface area contributed by atoms with Crippen molar-refractivity contribution in [3.05, 3.63) is 72.3 Å². The van der Waals surface area contributed by atoms with Crippen LogP contribution < -0.4 is 0 Å². The zero-order valence-corrected chi connectivity index (χ0v) is 21.1. The Morgan fingerprint density at radius 3 is 2.40 bits per heavy atom. The molecular formula is C29H37NO4S. The fourth-order valence-electron chi connectivity index (χ4n) is 5.35. The van der Waals surface area contributed by atoms with E-state index in [0.29, 0.717) is 19.4 Å². The van der Waals surface area contributed by atoms with Gasteiger partial charge in [-0.15, -0.1) is 0 Å². The largest absolute Gasteiger partial charge is 0.481 e. The van der Waals surface area contributed by atoms with Gasteiger partial charge in [0.05, 0.1) is 18.8 Å². The topological polar surface area (TPSA) is 70.0 Å². The molecule has 0 aromatic heterocycles. The lowest BCUT2D eigenvalue weighted by Crippen LogP contribution is -2.48. The highest BCUT2D eigenvalue weighted by atomic mass is 32.2. The molecule has 2 N–H and O–H groups in total. The second-order valence-electron chi connectivity index (χ2n) is 9.50. The van der Waals surface area contributed by atoms with Crippen LogP contribution in [0.4, 0.5) is 0 Å². The fourth-order valence-corrected chi connectivity index (χ4v) is 6.29. The molecule has 2 fully saturated rings. The van der Waals surface area contributed by atoms with Crippen molar-refractivity contribution >= 4 is 17.7 Å². The van der Waals surface area contributed by atoms with Crippen molar-refractivity contribution < 1.29 is 19.7 Å². The average molecular weight is 496 g/mol. The Morgan fingerprint density at radius 2 is 1.69 bits per heavy atom. The highest BCUT2D eigenvalue weighted by molar-refractivity contribution is 7.99. The molecule has 2 aromatic carbocycles. The van der Waals surface area contributed by atoms with Gasteiger partial charge in [0.1, 0.15) is 0 Å². The van der Waals surface area contributed by atoms with Gasteiger partial charge in [-0.25, -0.2) is 0 Å². The van der Waals surface area contributed by atoms with Crippen molar-refractivity contribution in [2.75, 3.05) is 24.6 Å². The van der Waals surface area contributed by atoms with Crippen molar-refractivity contribution in [2.24, 2.45) is 5.92 Å². The maximum atomic E-state index is 11.0. The summed E-state index contributed by atoms with van der Waals surface area (Å²) in [6, 6.07) is 19.1. The van der Waals surface area contributed by atoms with Crippen molar-refractivity contribution in [2.45, 2.75) is 57.0 Å². The monoisotopic (exact) mass is 495 g/mol. The first kappa shape index (κ1) is 26.0. The minimum absolute atomic E-state index is 0.0193. The number of nitrogens with zero attached hydrogens (tertiary/aromatic N) is 1. The number of aliphatic hydroxyl groups excluding tert-OH is 1. The summed E-state index contributed by atoms with van der Waals surface area (Å²) in [5, 5.41) is 19.9. The number of hydrogen-bond acceptors (Lipinski definition) is 5. The third kappa shape index (κ3) is 7.43. The summed E-state index contributed by atoms with van der Waals surface area (Å²) in [4.78, 5) is 13.2. The molecule has 0 spiro atoms. The number of carboxylic acids is 1. The van der Waals surface area contributed by atoms with Gasteiger partial charge in [0.2, 0.25) is 0 Å². The number of ether oxygens (including phenoxy) is 1. The zero-order chi connectivity index (χ0) is 24.5. The first-order valence-electron chi connectivity index (χ1n) is 12.7. The molecule has 0 bridgehead atoms. The lowest BCUT2D eigenvalue weighted by Gasteiger charge is -2.37. The number of benzene rings is 2. The second kappa shape index (κ2) is 13.3. The van der Waals surface area contributed by atoms with E-state index >= 15 is 0 Å². The number of carboxylic acid groups (broad SMARTS) is 1. The molecule has 1 aliphatic carbocycles. The Labute approximate surface area is 213 Å². The molecule has 188 valence electrons. The minimum Gasteiger partial charge on any atom is -0.481 e. The van der Waals surface area contributed by atoms with Crippen LogP contribution in [-0.2, 0) is 16.1 Å². The van der Waals surface area contributed by atoms with Crippen LogP contribution in [0.1, 0.15) is 37.7 Å².